The summed E-state index contributed by atoms with van der Waals surface area (Å²) >= 11 is 0. The molecule has 0 unspecified atom stereocenters. The number of fused-ring (bicyclic) bond motifs is 1. The van der Waals surface area contributed by atoms with Crippen LogP contribution in [0.3, 0.4) is 0 Å². The van der Waals surface area contributed by atoms with Crippen LogP contribution in [0, 0.1) is 17.0 Å². The summed E-state index contributed by atoms with van der Waals surface area (Å²) in [4.78, 5) is 13.4. The van der Waals surface area contributed by atoms with E-state index >= 15 is 0 Å². The minimum Gasteiger partial charge on any atom is -0.295 e. The van der Waals surface area contributed by atoms with E-state index in [1.165, 1.54) is 0 Å². The van der Waals surface area contributed by atoms with E-state index in [0.29, 0.717) is 11.6 Å². The highest BCUT2D eigenvalue weighted by molar-refractivity contribution is 6.54. The first-order chi connectivity index (χ1) is 10.4. The second-order valence-electron chi connectivity index (χ2n) is 5.55. The molecular formula is C17H14F2N2O. The van der Waals surface area contributed by atoms with E-state index in [4.69, 9.17) is 5.41 Å². The fourth-order valence-electron chi connectivity index (χ4n) is 2.57. The third-order valence-electron chi connectivity index (χ3n) is 3.76. The van der Waals surface area contributed by atoms with Crippen LogP contribution in [-0.4, -0.2) is 11.6 Å². The first kappa shape index (κ1) is 14.4. The molecule has 1 amide bonds. The van der Waals surface area contributed by atoms with Crippen LogP contribution >= 0.6 is 0 Å². The molecule has 2 aromatic rings. The summed E-state index contributed by atoms with van der Waals surface area (Å²) in [6.07, 6.45) is 0. The maximum absolute atomic E-state index is 14.1. The van der Waals surface area contributed by atoms with Gasteiger partial charge in [-0.05, 0) is 29.7 Å². The molecule has 22 heavy (non-hydrogen) atoms. The number of halogens is 2. The highest BCUT2D eigenvalue weighted by Gasteiger charge is 2.37. The quantitative estimate of drug-likeness (QED) is 0.890. The number of benzene rings is 2. The van der Waals surface area contributed by atoms with Gasteiger partial charge in [0, 0.05) is 17.3 Å². The van der Waals surface area contributed by atoms with Gasteiger partial charge < -0.3 is 0 Å². The fourth-order valence-corrected chi connectivity index (χ4v) is 2.57. The minimum absolute atomic E-state index is 0.0181. The number of rotatable bonds is 2. The van der Waals surface area contributed by atoms with Gasteiger partial charge in [0.1, 0.15) is 11.5 Å². The number of carbonyl (C=O) groups excluding carboxylic acids is 1. The monoisotopic (exact) mass is 300 g/mol. The van der Waals surface area contributed by atoms with E-state index in [9.17, 15) is 13.6 Å². The number of amides is 1. The Kier molecular flexibility index (Phi) is 3.28. The third-order valence-corrected chi connectivity index (χ3v) is 3.76. The number of hydrogen-bond donors (Lipinski definition) is 1. The SMILES string of the molecule is CC(C)c1ccc(N2C(=O)C(=N)c3cc(F)cc(F)c32)cc1. The summed E-state index contributed by atoms with van der Waals surface area (Å²) in [7, 11) is 0. The highest BCUT2D eigenvalue weighted by Crippen LogP contribution is 2.38. The van der Waals surface area contributed by atoms with Crippen molar-refractivity contribution in [3.63, 3.8) is 0 Å². The van der Waals surface area contributed by atoms with Crippen LogP contribution in [0.1, 0.15) is 30.9 Å². The molecule has 3 nitrogen and oxygen atoms in total. The molecule has 1 heterocycles. The molecule has 1 aliphatic rings. The summed E-state index contributed by atoms with van der Waals surface area (Å²) in [6, 6.07) is 8.87. The summed E-state index contributed by atoms with van der Waals surface area (Å²) in [5, 5.41) is 7.80. The number of carbonyl (C=O) groups is 1. The lowest BCUT2D eigenvalue weighted by atomic mass is 10.0. The van der Waals surface area contributed by atoms with Crippen LogP contribution in [0.25, 0.3) is 0 Å². The molecule has 1 aliphatic heterocycles. The smallest absolute Gasteiger partial charge is 0.281 e. The van der Waals surface area contributed by atoms with Crippen LogP contribution in [0.15, 0.2) is 36.4 Å². The van der Waals surface area contributed by atoms with Gasteiger partial charge in [-0.25, -0.2) is 8.78 Å². The van der Waals surface area contributed by atoms with Crippen LogP contribution in [-0.2, 0) is 4.79 Å². The van der Waals surface area contributed by atoms with Crippen LogP contribution in [0.4, 0.5) is 20.2 Å². The largest absolute Gasteiger partial charge is 0.295 e. The first-order valence-electron chi connectivity index (χ1n) is 6.92. The van der Waals surface area contributed by atoms with Crippen molar-refractivity contribution in [1.82, 2.24) is 0 Å². The molecule has 2 aromatic carbocycles. The van der Waals surface area contributed by atoms with Gasteiger partial charge in [0.15, 0.2) is 5.82 Å². The van der Waals surface area contributed by atoms with E-state index in [1.54, 1.807) is 12.1 Å². The maximum atomic E-state index is 14.1. The molecule has 0 radical (unpaired) electrons. The second-order valence-corrected chi connectivity index (χ2v) is 5.55. The van der Waals surface area contributed by atoms with Gasteiger partial charge in [-0.1, -0.05) is 26.0 Å². The molecule has 0 atom stereocenters. The molecular weight excluding hydrogens is 286 g/mol. The van der Waals surface area contributed by atoms with Gasteiger partial charge in [0.2, 0.25) is 0 Å². The number of nitrogens with zero attached hydrogens (tertiary/aromatic N) is 1. The normalized spacial score (nSPS) is 14.0. The Morgan fingerprint density at radius 3 is 2.32 bits per heavy atom. The zero-order chi connectivity index (χ0) is 16.0. The van der Waals surface area contributed by atoms with Crippen LogP contribution < -0.4 is 4.90 Å². The van der Waals surface area contributed by atoms with Crippen molar-refractivity contribution >= 4 is 23.0 Å². The van der Waals surface area contributed by atoms with Crippen LogP contribution in [0.2, 0.25) is 0 Å². The van der Waals surface area contributed by atoms with Crippen molar-refractivity contribution in [1.29, 1.82) is 5.41 Å². The summed E-state index contributed by atoms with van der Waals surface area (Å²) in [5.74, 6) is -1.97. The zero-order valence-electron chi connectivity index (χ0n) is 12.2. The van der Waals surface area contributed by atoms with Gasteiger partial charge in [-0.15, -0.1) is 0 Å². The summed E-state index contributed by atoms with van der Waals surface area (Å²) < 4.78 is 27.4. The Morgan fingerprint density at radius 1 is 1.09 bits per heavy atom. The van der Waals surface area contributed by atoms with Crippen molar-refractivity contribution in [2.45, 2.75) is 19.8 Å². The van der Waals surface area contributed by atoms with Gasteiger partial charge in [0.05, 0.1) is 5.69 Å². The predicted molar refractivity (Wildman–Crippen MR) is 80.9 cm³/mol. The van der Waals surface area contributed by atoms with Crippen molar-refractivity contribution in [3.05, 3.63) is 59.2 Å². The summed E-state index contributed by atoms with van der Waals surface area (Å²) in [5.41, 5.74) is 1.07. The fraction of sp³-hybridized carbons (Fsp3) is 0.176. The molecule has 5 heteroatoms. The van der Waals surface area contributed by atoms with E-state index < -0.39 is 23.3 Å². The predicted octanol–water partition coefficient (Wildman–Crippen LogP) is 4.13. The molecule has 3 rings (SSSR count). The highest BCUT2D eigenvalue weighted by atomic mass is 19.1. The van der Waals surface area contributed by atoms with Gasteiger partial charge in [-0.3, -0.25) is 15.1 Å². The molecule has 0 fully saturated rings. The third kappa shape index (κ3) is 2.09. The molecule has 0 aliphatic carbocycles. The van der Waals surface area contributed by atoms with Crippen LogP contribution in [0.5, 0.6) is 0 Å². The number of hydrogen-bond acceptors (Lipinski definition) is 2. The van der Waals surface area contributed by atoms with Crippen molar-refractivity contribution < 1.29 is 13.6 Å². The minimum atomic E-state index is -0.849. The topological polar surface area (TPSA) is 44.2 Å². The van der Waals surface area contributed by atoms with Crippen molar-refractivity contribution in [2.24, 2.45) is 0 Å². The lowest BCUT2D eigenvalue weighted by Crippen LogP contribution is -2.25. The average molecular weight is 300 g/mol. The number of nitrogens with one attached hydrogen (secondary N) is 1. The van der Waals surface area contributed by atoms with E-state index in [-0.39, 0.29) is 11.3 Å². The lowest BCUT2D eigenvalue weighted by Gasteiger charge is -2.18. The zero-order valence-corrected chi connectivity index (χ0v) is 12.2. The van der Waals surface area contributed by atoms with Crippen molar-refractivity contribution in [2.75, 3.05) is 4.90 Å². The Hall–Kier alpha value is -2.56. The Morgan fingerprint density at radius 2 is 1.73 bits per heavy atom. The lowest BCUT2D eigenvalue weighted by molar-refractivity contribution is -0.111. The van der Waals surface area contributed by atoms with Gasteiger partial charge in [-0.2, -0.15) is 0 Å². The van der Waals surface area contributed by atoms with Gasteiger partial charge >= 0.3 is 0 Å². The Labute approximate surface area is 126 Å². The number of anilines is 2. The molecule has 0 spiro atoms. The van der Waals surface area contributed by atoms with E-state index in [1.807, 2.05) is 26.0 Å². The molecule has 112 valence electrons. The van der Waals surface area contributed by atoms with Crippen molar-refractivity contribution in [3.8, 4) is 0 Å². The maximum Gasteiger partial charge on any atom is 0.281 e. The van der Waals surface area contributed by atoms with E-state index in [2.05, 4.69) is 0 Å². The molecule has 0 saturated heterocycles. The Balaban J connectivity index is 2.13. The molecule has 0 bridgehead atoms. The average Bonchev–Trinajstić information content (AvgIpc) is 2.72. The molecule has 0 aromatic heterocycles. The standard InChI is InChI=1S/C17H14F2N2O/c1-9(2)10-3-5-12(6-4-10)21-16-13(15(20)17(21)22)7-11(18)8-14(16)19/h3-9,20H,1-2H3. The van der Waals surface area contributed by atoms with E-state index in [0.717, 1.165) is 22.6 Å². The Bertz CT molecular complexity index is 782. The molecule has 1 N–H and O–H groups in total. The first-order valence-corrected chi connectivity index (χ1v) is 6.92. The summed E-state index contributed by atoms with van der Waals surface area (Å²) in [6.45, 7) is 4.09. The molecule has 0 saturated carbocycles. The van der Waals surface area contributed by atoms with Gasteiger partial charge in [0.25, 0.3) is 5.91 Å². The second kappa shape index (κ2) is 5.02.